The van der Waals surface area contributed by atoms with Gasteiger partial charge in [0.15, 0.2) is 0 Å². The smallest absolute Gasteiger partial charge is 0.0931 e. The molecule has 64 valence electrons. The highest BCUT2D eigenvalue weighted by Gasteiger charge is 2.09. The molecule has 1 aromatic heterocycles. The Labute approximate surface area is 80.7 Å². The molecule has 0 aliphatic rings. The second-order valence-electron chi connectivity index (χ2n) is 2.27. The summed E-state index contributed by atoms with van der Waals surface area (Å²) in [5.41, 5.74) is 2.64. The summed E-state index contributed by atoms with van der Waals surface area (Å²) < 4.78 is 0.752. The molecule has 0 saturated carbocycles. The normalized spacial score (nSPS) is 12.4. The molecule has 0 amide bonds. The molecule has 3 N–H and O–H groups in total. The Morgan fingerprint density at radius 2 is 2.50 bits per heavy atom. The number of rotatable bonds is 3. The molecule has 0 aromatic carbocycles. The van der Waals surface area contributed by atoms with Crippen LogP contribution >= 0.6 is 22.9 Å². The van der Waals surface area contributed by atoms with Crippen molar-refractivity contribution in [1.29, 1.82) is 0 Å². The van der Waals surface area contributed by atoms with Crippen molar-refractivity contribution in [3.05, 3.63) is 21.3 Å². The number of hydrogen-bond donors (Lipinski definition) is 2. The Kier molecular flexibility index (Phi) is 3.57. The maximum atomic E-state index is 5.76. The highest BCUT2D eigenvalue weighted by molar-refractivity contribution is 7.16. The molecule has 4 heteroatoms. The highest BCUT2D eigenvalue weighted by atomic mass is 35.5. The topological polar surface area (TPSA) is 38.0 Å². The Balaban J connectivity index is 2.74. The number of halogens is 1. The van der Waals surface area contributed by atoms with E-state index in [9.17, 15) is 0 Å². The molecular weight excluding hydrogens is 192 g/mol. The number of nitrogens with one attached hydrogen (secondary N) is 1. The summed E-state index contributed by atoms with van der Waals surface area (Å²) in [5.74, 6) is 7.87. The van der Waals surface area contributed by atoms with Crippen LogP contribution in [0.4, 0.5) is 0 Å². The summed E-state index contributed by atoms with van der Waals surface area (Å²) in [4.78, 5) is 1.07. The molecule has 0 aliphatic carbocycles. The minimum Gasteiger partial charge on any atom is -0.271 e. The van der Waals surface area contributed by atoms with Crippen molar-refractivity contribution in [1.82, 2.24) is 5.43 Å². The van der Waals surface area contributed by atoms with Crippen molar-refractivity contribution in [2.45, 2.75) is 12.5 Å². The fourth-order valence-electron chi connectivity index (χ4n) is 0.875. The van der Waals surface area contributed by atoms with Gasteiger partial charge in [-0.05, 0) is 12.1 Å². The lowest BCUT2D eigenvalue weighted by Gasteiger charge is -2.09. The van der Waals surface area contributed by atoms with Crippen LogP contribution in [0.15, 0.2) is 12.1 Å². The summed E-state index contributed by atoms with van der Waals surface area (Å²) in [5, 5.41) is 0. The van der Waals surface area contributed by atoms with Crippen LogP contribution in [0, 0.1) is 12.3 Å². The molecule has 1 rings (SSSR count). The summed E-state index contributed by atoms with van der Waals surface area (Å²) >= 11 is 7.25. The fourth-order valence-corrected chi connectivity index (χ4v) is 2.00. The van der Waals surface area contributed by atoms with Gasteiger partial charge in [0.2, 0.25) is 0 Å². The van der Waals surface area contributed by atoms with E-state index < -0.39 is 0 Å². The van der Waals surface area contributed by atoms with Crippen LogP contribution in [0.1, 0.15) is 17.3 Å². The fraction of sp³-hybridized carbons (Fsp3) is 0.250. The van der Waals surface area contributed by atoms with Gasteiger partial charge in [-0.3, -0.25) is 11.3 Å². The van der Waals surface area contributed by atoms with Gasteiger partial charge in [0.1, 0.15) is 0 Å². The zero-order chi connectivity index (χ0) is 8.97. The number of terminal acetylenes is 1. The average molecular weight is 201 g/mol. The molecule has 1 unspecified atom stereocenters. The maximum Gasteiger partial charge on any atom is 0.0931 e. The standard InChI is InChI=1S/C8H9ClN2S/c1-2-3-6(11-10)7-4-5-8(9)12-7/h1,4-6,11H,3,10H2. The van der Waals surface area contributed by atoms with Crippen molar-refractivity contribution in [3.8, 4) is 12.3 Å². The molecule has 0 radical (unpaired) electrons. The zero-order valence-corrected chi connectivity index (χ0v) is 7.95. The van der Waals surface area contributed by atoms with Crippen LogP contribution in [0.5, 0.6) is 0 Å². The first-order valence-electron chi connectivity index (χ1n) is 3.42. The average Bonchev–Trinajstić information content (AvgIpc) is 2.47. The van der Waals surface area contributed by atoms with E-state index in [1.54, 1.807) is 0 Å². The first-order chi connectivity index (χ1) is 5.77. The van der Waals surface area contributed by atoms with E-state index >= 15 is 0 Å². The zero-order valence-electron chi connectivity index (χ0n) is 6.38. The van der Waals surface area contributed by atoms with Gasteiger partial charge in [-0.25, -0.2) is 0 Å². The second-order valence-corrected chi connectivity index (χ2v) is 4.02. The summed E-state index contributed by atoms with van der Waals surface area (Å²) in [6.45, 7) is 0. The third kappa shape index (κ3) is 2.23. The largest absolute Gasteiger partial charge is 0.271 e. The van der Waals surface area contributed by atoms with E-state index in [1.807, 2.05) is 12.1 Å². The van der Waals surface area contributed by atoms with Crippen molar-refractivity contribution in [2.75, 3.05) is 0 Å². The highest BCUT2D eigenvalue weighted by Crippen LogP contribution is 2.27. The van der Waals surface area contributed by atoms with Crippen molar-refractivity contribution < 1.29 is 0 Å². The van der Waals surface area contributed by atoms with Gasteiger partial charge in [-0.1, -0.05) is 11.6 Å². The van der Waals surface area contributed by atoms with Gasteiger partial charge in [0.25, 0.3) is 0 Å². The molecule has 12 heavy (non-hydrogen) atoms. The minimum absolute atomic E-state index is 0.0208. The van der Waals surface area contributed by atoms with E-state index in [2.05, 4.69) is 11.3 Å². The van der Waals surface area contributed by atoms with E-state index in [0.29, 0.717) is 6.42 Å². The number of hydrogen-bond acceptors (Lipinski definition) is 3. The van der Waals surface area contributed by atoms with Crippen LogP contribution in [0.2, 0.25) is 4.34 Å². The quantitative estimate of drug-likeness (QED) is 0.445. The third-order valence-corrected chi connectivity index (χ3v) is 2.81. The number of thiophene rings is 1. The first-order valence-corrected chi connectivity index (χ1v) is 4.62. The van der Waals surface area contributed by atoms with E-state index in [4.69, 9.17) is 23.9 Å². The summed E-state index contributed by atoms with van der Waals surface area (Å²) in [6, 6.07) is 3.78. The molecule has 1 aromatic rings. The van der Waals surface area contributed by atoms with Crippen LogP contribution in [0.25, 0.3) is 0 Å². The van der Waals surface area contributed by atoms with Crippen LogP contribution < -0.4 is 11.3 Å². The molecule has 1 heterocycles. The van der Waals surface area contributed by atoms with Gasteiger partial charge in [0, 0.05) is 11.3 Å². The molecule has 2 nitrogen and oxygen atoms in total. The Hall–Kier alpha value is -0.530. The van der Waals surface area contributed by atoms with Gasteiger partial charge in [-0.2, -0.15) is 0 Å². The Bertz CT molecular complexity index is 289. The molecule has 0 saturated heterocycles. The van der Waals surface area contributed by atoms with E-state index in [1.165, 1.54) is 11.3 Å². The molecule has 0 spiro atoms. The van der Waals surface area contributed by atoms with Gasteiger partial charge in [0.05, 0.1) is 10.4 Å². The van der Waals surface area contributed by atoms with Gasteiger partial charge < -0.3 is 0 Å². The molecule has 0 bridgehead atoms. The molecular formula is C8H9ClN2S. The third-order valence-electron chi connectivity index (χ3n) is 1.46. The molecule has 1 atom stereocenters. The Morgan fingerprint density at radius 3 is 2.92 bits per heavy atom. The van der Waals surface area contributed by atoms with Gasteiger partial charge in [-0.15, -0.1) is 23.7 Å². The van der Waals surface area contributed by atoms with Gasteiger partial charge >= 0.3 is 0 Å². The van der Waals surface area contributed by atoms with Crippen LogP contribution in [-0.4, -0.2) is 0 Å². The monoisotopic (exact) mass is 200 g/mol. The van der Waals surface area contributed by atoms with E-state index in [-0.39, 0.29) is 6.04 Å². The lowest BCUT2D eigenvalue weighted by molar-refractivity contribution is 0.577. The van der Waals surface area contributed by atoms with Crippen LogP contribution in [-0.2, 0) is 0 Å². The molecule has 0 fully saturated rings. The predicted octanol–water partition coefficient (Wildman–Crippen LogP) is 1.93. The second kappa shape index (κ2) is 4.48. The first kappa shape index (κ1) is 9.56. The minimum atomic E-state index is 0.0208. The van der Waals surface area contributed by atoms with Crippen molar-refractivity contribution in [2.24, 2.45) is 5.84 Å². The number of nitrogens with two attached hydrogens (primary N) is 1. The maximum absolute atomic E-state index is 5.76. The summed E-state index contributed by atoms with van der Waals surface area (Å²) in [7, 11) is 0. The summed E-state index contributed by atoms with van der Waals surface area (Å²) in [6.07, 6.45) is 5.75. The van der Waals surface area contributed by atoms with Crippen molar-refractivity contribution in [3.63, 3.8) is 0 Å². The van der Waals surface area contributed by atoms with Crippen LogP contribution in [0.3, 0.4) is 0 Å². The van der Waals surface area contributed by atoms with E-state index in [0.717, 1.165) is 9.21 Å². The SMILES string of the molecule is C#CCC(NN)c1ccc(Cl)s1. The predicted molar refractivity (Wildman–Crippen MR) is 52.8 cm³/mol. The lowest BCUT2D eigenvalue weighted by Crippen LogP contribution is -2.26. The number of hydrazine groups is 1. The molecule has 0 aliphatic heterocycles. The Morgan fingerprint density at radius 1 is 1.75 bits per heavy atom. The van der Waals surface area contributed by atoms with Crippen molar-refractivity contribution >= 4 is 22.9 Å². The lowest BCUT2D eigenvalue weighted by atomic mass is 10.2.